The molecule has 0 amide bonds. The van der Waals surface area contributed by atoms with Gasteiger partial charge in [-0.3, -0.25) is 15.5 Å². The molecule has 9 heteroatoms. The van der Waals surface area contributed by atoms with Crippen LogP contribution >= 0.6 is 0 Å². The highest BCUT2D eigenvalue weighted by molar-refractivity contribution is 6.00. The predicted molar refractivity (Wildman–Crippen MR) is 90.1 cm³/mol. The summed E-state index contributed by atoms with van der Waals surface area (Å²) >= 11 is 0. The summed E-state index contributed by atoms with van der Waals surface area (Å²) in [6.07, 6.45) is -4.67. The van der Waals surface area contributed by atoms with Crippen molar-refractivity contribution in [3.8, 4) is 0 Å². The lowest BCUT2D eigenvalue weighted by atomic mass is 10.1. The van der Waals surface area contributed by atoms with Crippen LogP contribution in [0.4, 0.5) is 24.5 Å². The van der Waals surface area contributed by atoms with Crippen LogP contribution in [0.1, 0.15) is 18.2 Å². The van der Waals surface area contributed by atoms with Crippen molar-refractivity contribution < 1.29 is 22.5 Å². The number of nitrogens with zero attached hydrogens (tertiary/aromatic N) is 2. The predicted octanol–water partition coefficient (Wildman–Crippen LogP) is 5.20. The summed E-state index contributed by atoms with van der Waals surface area (Å²) in [5, 5.41) is 15.9. The SMILES string of the molecule is CC(=NNc1ccc(C(F)(F)F)cc1[N+](=O)[O-])c1cc2ccccc2o1. The van der Waals surface area contributed by atoms with Crippen molar-refractivity contribution in [2.45, 2.75) is 13.1 Å². The summed E-state index contributed by atoms with van der Waals surface area (Å²) in [6, 6.07) is 11.2. The Morgan fingerprint density at radius 2 is 1.92 bits per heavy atom. The van der Waals surface area contributed by atoms with E-state index in [1.54, 1.807) is 19.1 Å². The first kappa shape index (κ1) is 17.5. The first-order valence-corrected chi connectivity index (χ1v) is 7.40. The zero-order valence-corrected chi connectivity index (χ0v) is 13.4. The number of hydrogen-bond acceptors (Lipinski definition) is 5. The maximum Gasteiger partial charge on any atom is 0.416 e. The average Bonchev–Trinajstić information content (AvgIpc) is 3.02. The van der Waals surface area contributed by atoms with Crippen LogP contribution < -0.4 is 5.43 Å². The number of benzene rings is 2. The molecule has 3 rings (SSSR count). The molecule has 0 spiro atoms. The first-order valence-electron chi connectivity index (χ1n) is 7.40. The second-order valence-corrected chi connectivity index (χ2v) is 5.44. The monoisotopic (exact) mass is 363 g/mol. The summed E-state index contributed by atoms with van der Waals surface area (Å²) in [7, 11) is 0. The topological polar surface area (TPSA) is 80.7 Å². The van der Waals surface area contributed by atoms with Crippen LogP contribution in [0.25, 0.3) is 11.0 Å². The van der Waals surface area contributed by atoms with Gasteiger partial charge in [-0.2, -0.15) is 18.3 Å². The summed E-state index contributed by atoms with van der Waals surface area (Å²) in [6.45, 7) is 1.61. The van der Waals surface area contributed by atoms with E-state index in [1.165, 1.54) is 0 Å². The van der Waals surface area contributed by atoms with Crippen molar-refractivity contribution in [2.75, 3.05) is 5.43 Å². The number of hydrazone groups is 1. The number of hydrogen-bond donors (Lipinski definition) is 1. The standard InChI is InChI=1S/C17H12F3N3O3/c1-10(16-8-11-4-2-3-5-15(11)26-16)21-22-13-7-6-12(17(18,19)20)9-14(13)23(24)25/h2-9,22H,1H3. The Morgan fingerprint density at radius 1 is 1.19 bits per heavy atom. The van der Waals surface area contributed by atoms with Crippen LogP contribution in [0.5, 0.6) is 0 Å². The van der Waals surface area contributed by atoms with E-state index < -0.39 is 22.4 Å². The van der Waals surface area contributed by atoms with Crippen LogP contribution in [0.3, 0.4) is 0 Å². The summed E-state index contributed by atoms with van der Waals surface area (Å²) < 4.78 is 43.8. The largest absolute Gasteiger partial charge is 0.455 e. The maximum absolute atomic E-state index is 12.7. The van der Waals surface area contributed by atoms with E-state index in [1.807, 2.05) is 18.2 Å². The number of anilines is 1. The highest BCUT2D eigenvalue weighted by Crippen LogP contribution is 2.35. The zero-order chi connectivity index (χ0) is 18.9. The number of nitro benzene ring substituents is 1. The van der Waals surface area contributed by atoms with E-state index in [-0.39, 0.29) is 5.69 Å². The Kier molecular flexibility index (Phi) is 4.37. The normalized spacial score (nSPS) is 12.4. The van der Waals surface area contributed by atoms with Gasteiger partial charge < -0.3 is 4.42 Å². The lowest BCUT2D eigenvalue weighted by molar-refractivity contribution is -0.384. The fraction of sp³-hybridized carbons (Fsp3) is 0.118. The van der Waals surface area contributed by atoms with E-state index in [2.05, 4.69) is 10.5 Å². The quantitative estimate of drug-likeness (QED) is 0.393. The highest BCUT2D eigenvalue weighted by atomic mass is 19.4. The number of halogens is 3. The van der Waals surface area contributed by atoms with E-state index in [0.717, 1.165) is 17.5 Å². The number of alkyl halides is 3. The highest BCUT2D eigenvalue weighted by Gasteiger charge is 2.33. The molecule has 0 saturated carbocycles. The molecule has 0 atom stereocenters. The maximum atomic E-state index is 12.7. The number of nitrogens with one attached hydrogen (secondary N) is 1. The average molecular weight is 363 g/mol. The molecule has 1 aromatic heterocycles. The minimum Gasteiger partial charge on any atom is -0.455 e. The molecular formula is C17H12F3N3O3. The van der Waals surface area contributed by atoms with Crippen LogP contribution in [0.15, 0.2) is 58.0 Å². The van der Waals surface area contributed by atoms with Crippen LogP contribution in [-0.2, 0) is 6.18 Å². The smallest absolute Gasteiger partial charge is 0.416 e. The molecule has 1 heterocycles. The molecule has 26 heavy (non-hydrogen) atoms. The van der Waals surface area contributed by atoms with Gasteiger partial charge in [0.05, 0.1) is 10.5 Å². The lowest BCUT2D eigenvalue weighted by Gasteiger charge is -2.08. The van der Waals surface area contributed by atoms with Crippen molar-refractivity contribution in [1.82, 2.24) is 0 Å². The van der Waals surface area contributed by atoms with Crippen molar-refractivity contribution >= 4 is 28.1 Å². The van der Waals surface area contributed by atoms with E-state index >= 15 is 0 Å². The molecule has 3 aromatic rings. The Balaban J connectivity index is 1.90. The molecule has 0 saturated heterocycles. The van der Waals surface area contributed by atoms with Gasteiger partial charge in [-0.15, -0.1) is 0 Å². The van der Waals surface area contributed by atoms with Gasteiger partial charge in [0.25, 0.3) is 5.69 Å². The molecular weight excluding hydrogens is 351 g/mol. The third-order valence-electron chi connectivity index (χ3n) is 3.65. The summed E-state index contributed by atoms with van der Waals surface area (Å²) in [4.78, 5) is 10.2. The Labute approximate surface area is 145 Å². The second kappa shape index (κ2) is 6.51. The Bertz CT molecular complexity index is 976. The van der Waals surface area contributed by atoms with Crippen molar-refractivity contribution in [3.05, 3.63) is 70.0 Å². The van der Waals surface area contributed by atoms with E-state index in [9.17, 15) is 23.3 Å². The van der Waals surface area contributed by atoms with Gasteiger partial charge in [-0.1, -0.05) is 18.2 Å². The van der Waals surface area contributed by atoms with Crippen molar-refractivity contribution in [2.24, 2.45) is 5.10 Å². The minimum absolute atomic E-state index is 0.154. The molecule has 6 nitrogen and oxygen atoms in total. The Hall–Kier alpha value is -3.36. The third kappa shape index (κ3) is 3.51. The molecule has 0 unspecified atom stereocenters. The van der Waals surface area contributed by atoms with Gasteiger partial charge in [0.15, 0.2) is 5.76 Å². The molecule has 0 aliphatic rings. The molecule has 0 aliphatic carbocycles. The van der Waals surface area contributed by atoms with Crippen molar-refractivity contribution in [1.29, 1.82) is 0 Å². The lowest BCUT2D eigenvalue weighted by Crippen LogP contribution is -2.07. The van der Waals surface area contributed by atoms with Gasteiger partial charge in [0.1, 0.15) is 17.0 Å². The third-order valence-corrected chi connectivity index (χ3v) is 3.65. The van der Waals surface area contributed by atoms with Gasteiger partial charge in [-0.05, 0) is 31.2 Å². The molecule has 2 aromatic carbocycles. The number of nitro groups is 1. The molecule has 0 radical (unpaired) electrons. The molecule has 0 aliphatic heterocycles. The van der Waals surface area contributed by atoms with Gasteiger partial charge in [0.2, 0.25) is 0 Å². The zero-order valence-electron chi connectivity index (χ0n) is 13.4. The molecule has 134 valence electrons. The summed E-state index contributed by atoms with van der Waals surface area (Å²) in [5.74, 6) is 0.438. The summed E-state index contributed by atoms with van der Waals surface area (Å²) in [5.41, 5.74) is 1.49. The van der Waals surface area contributed by atoms with Gasteiger partial charge >= 0.3 is 6.18 Å². The van der Waals surface area contributed by atoms with Crippen LogP contribution in [-0.4, -0.2) is 10.6 Å². The van der Waals surface area contributed by atoms with Crippen molar-refractivity contribution in [3.63, 3.8) is 0 Å². The van der Waals surface area contributed by atoms with Gasteiger partial charge in [-0.25, -0.2) is 0 Å². The van der Waals surface area contributed by atoms with Crippen LogP contribution in [0.2, 0.25) is 0 Å². The minimum atomic E-state index is -4.67. The fourth-order valence-corrected chi connectivity index (χ4v) is 2.31. The van der Waals surface area contributed by atoms with Gasteiger partial charge in [0, 0.05) is 11.5 Å². The Morgan fingerprint density at radius 3 is 2.58 bits per heavy atom. The number of fused-ring (bicyclic) bond motifs is 1. The molecule has 0 fully saturated rings. The second-order valence-electron chi connectivity index (χ2n) is 5.44. The van der Waals surface area contributed by atoms with E-state index in [0.29, 0.717) is 23.1 Å². The van der Waals surface area contributed by atoms with E-state index in [4.69, 9.17) is 4.42 Å². The number of rotatable bonds is 4. The molecule has 0 bridgehead atoms. The fourth-order valence-electron chi connectivity index (χ4n) is 2.31. The van der Waals surface area contributed by atoms with Crippen LogP contribution in [0, 0.1) is 10.1 Å². The number of para-hydroxylation sites is 1. The number of furan rings is 1. The molecule has 1 N–H and O–H groups in total. The first-order chi connectivity index (χ1) is 12.3.